The summed E-state index contributed by atoms with van der Waals surface area (Å²) in [6.45, 7) is 2.90. The number of nitrogens with zero attached hydrogens (tertiary/aromatic N) is 4. The number of aromatic nitrogens is 1. The first kappa shape index (κ1) is 15.2. The zero-order valence-corrected chi connectivity index (χ0v) is 12.5. The summed E-state index contributed by atoms with van der Waals surface area (Å²) in [5.74, 6) is -0.0737. The summed E-state index contributed by atoms with van der Waals surface area (Å²) in [5.41, 5.74) is 6.48. The van der Waals surface area contributed by atoms with Gasteiger partial charge in [0.2, 0.25) is 5.91 Å². The fourth-order valence-corrected chi connectivity index (χ4v) is 2.19. The molecular weight excluding hydrogens is 270 g/mol. The van der Waals surface area contributed by atoms with E-state index in [1.165, 1.54) is 0 Å². The zero-order valence-electron chi connectivity index (χ0n) is 12.5. The number of nitrogen functional groups attached to an aromatic ring is 1. The molecule has 1 saturated heterocycles. The fraction of sp³-hybridized carbons (Fsp3) is 0.500. The standard InChI is InChI=1S/C14H21N5O2/c1-17(2)12(20)10-18-6-8-19(9-7-18)14(21)13-11(15)4-3-5-16-13/h3-5H,6-10,15H2,1-2H3. The SMILES string of the molecule is CN(C)C(=O)CN1CCN(C(=O)c2ncccc2N)CC1. The molecule has 0 aliphatic carbocycles. The quantitative estimate of drug-likeness (QED) is 0.812. The number of nitrogens with two attached hydrogens (primary N) is 1. The van der Waals surface area contributed by atoms with Crippen molar-refractivity contribution in [1.29, 1.82) is 0 Å². The molecular formula is C14H21N5O2. The Morgan fingerprint density at radius 1 is 1.29 bits per heavy atom. The molecule has 0 spiro atoms. The Bertz CT molecular complexity index is 524. The number of piperazine rings is 1. The number of carbonyl (C=O) groups excluding carboxylic acids is 2. The van der Waals surface area contributed by atoms with Gasteiger partial charge in [0.05, 0.1) is 12.2 Å². The van der Waals surface area contributed by atoms with Gasteiger partial charge in [0, 0.05) is 46.5 Å². The smallest absolute Gasteiger partial charge is 0.274 e. The molecule has 21 heavy (non-hydrogen) atoms. The summed E-state index contributed by atoms with van der Waals surface area (Å²) in [6.07, 6.45) is 1.57. The lowest BCUT2D eigenvalue weighted by molar-refractivity contribution is -0.130. The van der Waals surface area contributed by atoms with Crippen LogP contribution in [0.15, 0.2) is 18.3 Å². The maximum atomic E-state index is 12.3. The third-order valence-electron chi connectivity index (χ3n) is 3.56. The van der Waals surface area contributed by atoms with Crippen LogP contribution in [0.1, 0.15) is 10.5 Å². The Morgan fingerprint density at radius 3 is 2.52 bits per heavy atom. The number of amides is 2. The van der Waals surface area contributed by atoms with Crippen LogP contribution in [-0.2, 0) is 4.79 Å². The fourth-order valence-electron chi connectivity index (χ4n) is 2.19. The van der Waals surface area contributed by atoms with Gasteiger partial charge >= 0.3 is 0 Å². The molecule has 0 bridgehead atoms. The van der Waals surface area contributed by atoms with Gasteiger partial charge < -0.3 is 15.5 Å². The molecule has 1 aliphatic heterocycles. The molecule has 0 saturated carbocycles. The lowest BCUT2D eigenvalue weighted by atomic mass is 10.2. The Morgan fingerprint density at radius 2 is 1.95 bits per heavy atom. The second-order valence-electron chi connectivity index (χ2n) is 5.30. The van der Waals surface area contributed by atoms with E-state index < -0.39 is 0 Å². The number of hydrogen-bond acceptors (Lipinski definition) is 5. The normalized spacial score (nSPS) is 15.8. The minimum absolute atomic E-state index is 0.0729. The summed E-state index contributed by atoms with van der Waals surface area (Å²) >= 11 is 0. The molecule has 0 radical (unpaired) electrons. The lowest BCUT2D eigenvalue weighted by Crippen LogP contribution is -2.51. The molecule has 1 aromatic rings. The van der Waals surface area contributed by atoms with E-state index in [-0.39, 0.29) is 11.8 Å². The third kappa shape index (κ3) is 3.69. The highest BCUT2D eigenvalue weighted by atomic mass is 16.2. The first-order valence-electron chi connectivity index (χ1n) is 6.91. The van der Waals surface area contributed by atoms with E-state index in [4.69, 9.17) is 5.73 Å². The molecule has 2 amide bonds. The first-order chi connectivity index (χ1) is 9.99. The van der Waals surface area contributed by atoms with Crippen LogP contribution in [0, 0.1) is 0 Å². The van der Waals surface area contributed by atoms with Crippen LogP contribution in [0.2, 0.25) is 0 Å². The minimum atomic E-state index is -0.147. The van der Waals surface area contributed by atoms with Crippen molar-refractivity contribution in [2.24, 2.45) is 0 Å². The van der Waals surface area contributed by atoms with Gasteiger partial charge in [-0.2, -0.15) is 0 Å². The van der Waals surface area contributed by atoms with Crippen LogP contribution in [0.4, 0.5) is 5.69 Å². The van der Waals surface area contributed by atoms with Gasteiger partial charge in [-0.05, 0) is 12.1 Å². The second-order valence-corrected chi connectivity index (χ2v) is 5.30. The van der Waals surface area contributed by atoms with Crippen LogP contribution >= 0.6 is 0 Å². The summed E-state index contributed by atoms with van der Waals surface area (Å²) in [4.78, 5) is 33.4. The van der Waals surface area contributed by atoms with E-state index in [1.54, 1.807) is 42.2 Å². The van der Waals surface area contributed by atoms with E-state index in [9.17, 15) is 9.59 Å². The van der Waals surface area contributed by atoms with E-state index in [1.807, 2.05) is 4.90 Å². The number of carbonyl (C=O) groups is 2. The molecule has 1 aliphatic rings. The number of pyridine rings is 1. The molecule has 2 heterocycles. The van der Waals surface area contributed by atoms with Crippen LogP contribution in [0.25, 0.3) is 0 Å². The average Bonchev–Trinajstić information content (AvgIpc) is 2.47. The van der Waals surface area contributed by atoms with Crippen LogP contribution in [0.3, 0.4) is 0 Å². The Labute approximate surface area is 124 Å². The maximum Gasteiger partial charge on any atom is 0.274 e. The third-order valence-corrected chi connectivity index (χ3v) is 3.56. The molecule has 114 valence electrons. The van der Waals surface area contributed by atoms with E-state index in [2.05, 4.69) is 4.98 Å². The highest BCUT2D eigenvalue weighted by Gasteiger charge is 2.25. The van der Waals surface area contributed by atoms with Crippen molar-refractivity contribution in [2.75, 3.05) is 52.6 Å². The summed E-state index contributed by atoms with van der Waals surface area (Å²) in [6, 6.07) is 3.38. The maximum absolute atomic E-state index is 12.3. The van der Waals surface area contributed by atoms with Crippen molar-refractivity contribution in [1.82, 2.24) is 19.7 Å². The predicted octanol–water partition coefficient (Wildman–Crippen LogP) is -0.490. The predicted molar refractivity (Wildman–Crippen MR) is 79.7 cm³/mol. The van der Waals surface area contributed by atoms with Crippen molar-refractivity contribution in [2.45, 2.75) is 0 Å². The molecule has 0 unspecified atom stereocenters. The monoisotopic (exact) mass is 291 g/mol. The van der Waals surface area contributed by atoms with Crippen molar-refractivity contribution >= 4 is 17.5 Å². The second kappa shape index (κ2) is 6.53. The summed E-state index contributed by atoms with van der Waals surface area (Å²) < 4.78 is 0. The Hall–Kier alpha value is -2.15. The van der Waals surface area contributed by atoms with E-state index >= 15 is 0 Å². The zero-order chi connectivity index (χ0) is 15.4. The van der Waals surface area contributed by atoms with Crippen molar-refractivity contribution < 1.29 is 9.59 Å². The van der Waals surface area contributed by atoms with Gasteiger partial charge in [-0.1, -0.05) is 0 Å². The van der Waals surface area contributed by atoms with Gasteiger partial charge in [0.15, 0.2) is 5.69 Å². The average molecular weight is 291 g/mol. The van der Waals surface area contributed by atoms with Gasteiger partial charge in [0.25, 0.3) is 5.91 Å². The number of hydrogen-bond donors (Lipinski definition) is 1. The molecule has 1 aromatic heterocycles. The van der Waals surface area contributed by atoms with Crippen molar-refractivity contribution in [3.05, 3.63) is 24.0 Å². The molecule has 0 atom stereocenters. The highest BCUT2D eigenvalue weighted by Crippen LogP contribution is 2.12. The number of likely N-dealkylation sites (N-methyl/N-ethyl adjacent to an activating group) is 1. The van der Waals surface area contributed by atoms with Gasteiger partial charge in [0.1, 0.15) is 0 Å². The van der Waals surface area contributed by atoms with Gasteiger partial charge in [-0.25, -0.2) is 4.98 Å². The van der Waals surface area contributed by atoms with Crippen LogP contribution in [-0.4, -0.2) is 78.3 Å². The molecule has 0 aromatic carbocycles. The number of anilines is 1. The largest absolute Gasteiger partial charge is 0.397 e. The van der Waals surface area contributed by atoms with Crippen LogP contribution < -0.4 is 5.73 Å². The van der Waals surface area contributed by atoms with Crippen molar-refractivity contribution in [3.8, 4) is 0 Å². The topological polar surface area (TPSA) is 82.8 Å². The van der Waals surface area contributed by atoms with E-state index in [0.717, 1.165) is 0 Å². The number of rotatable bonds is 3. The van der Waals surface area contributed by atoms with Gasteiger partial charge in [-0.15, -0.1) is 0 Å². The van der Waals surface area contributed by atoms with Gasteiger partial charge in [-0.3, -0.25) is 14.5 Å². The minimum Gasteiger partial charge on any atom is -0.397 e. The Balaban J connectivity index is 1.91. The molecule has 7 nitrogen and oxygen atoms in total. The van der Waals surface area contributed by atoms with E-state index in [0.29, 0.717) is 44.1 Å². The molecule has 7 heteroatoms. The van der Waals surface area contributed by atoms with Crippen molar-refractivity contribution in [3.63, 3.8) is 0 Å². The molecule has 2 rings (SSSR count). The molecule has 2 N–H and O–H groups in total. The van der Waals surface area contributed by atoms with Crippen LogP contribution in [0.5, 0.6) is 0 Å². The Kier molecular flexibility index (Phi) is 4.74. The lowest BCUT2D eigenvalue weighted by Gasteiger charge is -2.34. The molecule has 1 fully saturated rings. The summed E-state index contributed by atoms with van der Waals surface area (Å²) in [7, 11) is 3.48. The summed E-state index contributed by atoms with van der Waals surface area (Å²) in [5, 5.41) is 0. The first-order valence-corrected chi connectivity index (χ1v) is 6.91. The highest BCUT2D eigenvalue weighted by molar-refractivity contribution is 5.97.